The van der Waals surface area contributed by atoms with Gasteiger partial charge in [-0.15, -0.1) is 0 Å². The summed E-state index contributed by atoms with van der Waals surface area (Å²) < 4.78 is 5.32. The predicted molar refractivity (Wildman–Crippen MR) is 82.2 cm³/mol. The molecule has 0 saturated heterocycles. The summed E-state index contributed by atoms with van der Waals surface area (Å²) in [6.07, 6.45) is 0.983. The van der Waals surface area contributed by atoms with Gasteiger partial charge in [0.05, 0.1) is 7.11 Å². The van der Waals surface area contributed by atoms with Gasteiger partial charge in [-0.1, -0.05) is 31.2 Å². The molecule has 0 heterocycles. The maximum absolute atomic E-state index is 11.1. The molecule has 1 amide bonds. The molecule has 20 heavy (non-hydrogen) atoms. The Morgan fingerprint density at radius 3 is 2.75 bits per heavy atom. The molecule has 1 N–H and O–H groups in total. The molecule has 0 spiro atoms. The Hall–Kier alpha value is -2.03. The quantitative estimate of drug-likeness (QED) is 0.904. The number of rotatable bonds is 5. The number of hydrogen-bond acceptors (Lipinski definition) is 2. The van der Waals surface area contributed by atoms with E-state index >= 15 is 0 Å². The zero-order valence-electron chi connectivity index (χ0n) is 12.3. The third kappa shape index (κ3) is 3.10. The van der Waals surface area contributed by atoms with Gasteiger partial charge in [-0.3, -0.25) is 4.79 Å². The summed E-state index contributed by atoms with van der Waals surface area (Å²) in [6.45, 7) is 4.37. The number of hydrogen-bond donors (Lipinski definition) is 1. The van der Waals surface area contributed by atoms with Crippen molar-refractivity contribution in [3.05, 3.63) is 42.0 Å². The van der Waals surface area contributed by atoms with E-state index in [9.17, 15) is 4.79 Å². The lowest BCUT2D eigenvalue weighted by Gasteiger charge is -2.18. The number of fused-ring (bicyclic) bond motifs is 1. The zero-order valence-corrected chi connectivity index (χ0v) is 12.3. The van der Waals surface area contributed by atoms with Crippen LogP contribution in [0.4, 0.5) is 0 Å². The molecule has 1 unspecified atom stereocenters. The molecular formula is C17H21NO2. The van der Waals surface area contributed by atoms with Crippen LogP contribution < -0.4 is 10.1 Å². The van der Waals surface area contributed by atoms with Crippen LogP contribution in [0.3, 0.4) is 0 Å². The van der Waals surface area contributed by atoms with Crippen LogP contribution in [0.15, 0.2) is 36.4 Å². The first kappa shape index (κ1) is 14.4. The first-order valence-electron chi connectivity index (χ1n) is 6.96. The zero-order chi connectivity index (χ0) is 14.5. The number of nitrogens with one attached hydrogen (secondary N) is 1. The molecule has 0 radical (unpaired) electrons. The highest BCUT2D eigenvalue weighted by Crippen LogP contribution is 2.30. The van der Waals surface area contributed by atoms with Crippen LogP contribution in [0.1, 0.15) is 31.7 Å². The summed E-state index contributed by atoms with van der Waals surface area (Å²) in [7, 11) is 1.68. The molecular weight excluding hydrogens is 250 g/mol. The molecule has 3 nitrogen and oxygen atoms in total. The fourth-order valence-corrected chi connectivity index (χ4v) is 2.50. The Bertz CT molecular complexity index is 607. The van der Waals surface area contributed by atoms with E-state index in [0.29, 0.717) is 12.5 Å². The van der Waals surface area contributed by atoms with Crippen molar-refractivity contribution in [2.24, 2.45) is 0 Å². The van der Waals surface area contributed by atoms with Gasteiger partial charge in [-0.25, -0.2) is 0 Å². The molecule has 0 bridgehead atoms. The molecule has 0 aromatic heterocycles. The van der Waals surface area contributed by atoms with E-state index in [1.54, 1.807) is 14.0 Å². The van der Waals surface area contributed by atoms with Gasteiger partial charge >= 0.3 is 0 Å². The number of methoxy groups -OCH3 is 1. The van der Waals surface area contributed by atoms with Gasteiger partial charge in [0.25, 0.3) is 0 Å². The first-order valence-corrected chi connectivity index (χ1v) is 6.96. The van der Waals surface area contributed by atoms with E-state index in [-0.39, 0.29) is 5.91 Å². The van der Waals surface area contributed by atoms with Gasteiger partial charge in [0.1, 0.15) is 5.75 Å². The molecule has 2 aromatic rings. The summed E-state index contributed by atoms with van der Waals surface area (Å²) in [5.41, 5.74) is 1.26. The van der Waals surface area contributed by atoms with Gasteiger partial charge < -0.3 is 10.1 Å². The Labute approximate surface area is 119 Å². The normalized spacial score (nSPS) is 12.2. The summed E-state index contributed by atoms with van der Waals surface area (Å²) in [5.74, 6) is 1.19. The van der Waals surface area contributed by atoms with Crippen molar-refractivity contribution >= 4 is 16.7 Å². The monoisotopic (exact) mass is 271 g/mol. The fraction of sp³-hybridized carbons (Fsp3) is 0.353. The number of amides is 1. The van der Waals surface area contributed by atoms with Gasteiger partial charge in [0.2, 0.25) is 5.91 Å². The molecule has 1 atom stereocenters. The molecule has 2 aromatic carbocycles. The lowest BCUT2D eigenvalue weighted by atomic mass is 9.91. The van der Waals surface area contributed by atoms with Crippen LogP contribution in [0.25, 0.3) is 10.8 Å². The van der Waals surface area contributed by atoms with Gasteiger partial charge in [-0.2, -0.15) is 0 Å². The molecule has 0 aliphatic heterocycles. The SMILES string of the molecule is CCC(CNC(C)=O)c1cccc2ccc(OC)cc12. The molecule has 0 aliphatic rings. The second-order valence-corrected chi connectivity index (χ2v) is 4.98. The number of ether oxygens (including phenoxy) is 1. The van der Waals surface area contributed by atoms with Crippen molar-refractivity contribution in [2.75, 3.05) is 13.7 Å². The average Bonchev–Trinajstić information content (AvgIpc) is 2.47. The minimum absolute atomic E-state index is 0.0151. The Morgan fingerprint density at radius 2 is 2.10 bits per heavy atom. The molecule has 0 saturated carbocycles. The summed E-state index contributed by atoms with van der Waals surface area (Å²) in [6, 6.07) is 12.4. The smallest absolute Gasteiger partial charge is 0.216 e. The van der Waals surface area contributed by atoms with Crippen LogP contribution in [0, 0.1) is 0 Å². The molecule has 3 heteroatoms. The topological polar surface area (TPSA) is 38.3 Å². The molecule has 0 fully saturated rings. The first-order chi connectivity index (χ1) is 9.65. The highest BCUT2D eigenvalue weighted by Gasteiger charge is 2.13. The van der Waals surface area contributed by atoms with Crippen molar-refractivity contribution in [1.82, 2.24) is 5.32 Å². The highest BCUT2D eigenvalue weighted by atomic mass is 16.5. The van der Waals surface area contributed by atoms with Gasteiger partial charge in [0, 0.05) is 19.4 Å². The molecule has 106 valence electrons. The van der Waals surface area contributed by atoms with E-state index in [1.165, 1.54) is 16.3 Å². The van der Waals surface area contributed by atoms with Crippen molar-refractivity contribution < 1.29 is 9.53 Å². The Balaban J connectivity index is 2.42. The van der Waals surface area contributed by atoms with Crippen molar-refractivity contribution in [1.29, 1.82) is 0 Å². The predicted octanol–water partition coefficient (Wildman–Crippen LogP) is 3.48. The number of benzene rings is 2. The molecule has 0 aliphatic carbocycles. The van der Waals surface area contributed by atoms with E-state index in [0.717, 1.165) is 12.2 Å². The van der Waals surface area contributed by atoms with Crippen LogP contribution in [0.2, 0.25) is 0 Å². The Kier molecular flexibility index (Phi) is 4.61. The summed E-state index contributed by atoms with van der Waals surface area (Å²) in [4.78, 5) is 11.1. The average molecular weight is 271 g/mol. The van der Waals surface area contributed by atoms with Crippen molar-refractivity contribution in [3.63, 3.8) is 0 Å². The van der Waals surface area contributed by atoms with Crippen LogP contribution in [0.5, 0.6) is 5.75 Å². The number of carbonyl (C=O) groups excluding carboxylic acids is 1. The largest absolute Gasteiger partial charge is 0.497 e. The minimum Gasteiger partial charge on any atom is -0.497 e. The van der Waals surface area contributed by atoms with E-state index < -0.39 is 0 Å². The standard InChI is InChI=1S/C17H21NO2/c1-4-13(11-18-12(2)19)16-7-5-6-14-8-9-15(20-3)10-17(14)16/h5-10,13H,4,11H2,1-3H3,(H,18,19). The minimum atomic E-state index is 0.0151. The van der Waals surface area contributed by atoms with Gasteiger partial charge in [0.15, 0.2) is 0 Å². The maximum atomic E-state index is 11.1. The summed E-state index contributed by atoms with van der Waals surface area (Å²) >= 11 is 0. The summed E-state index contributed by atoms with van der Waals surface area (Å²) in [5, 5.41) is 5.32. The third-order valence-electron chi connectivity index (χ3n) is 3.65. The maximum Gasteiger partial charge on any atom is 0.216 e. The Morgan fingerprint density at radius 1 is 1.30 bits per heavy atom. The van der Waals surface area contributed by atoms with E-state index in [1.807, 2.05) is 6.07 Å². The molecule has 2 rings (SSSR count). The number of carbonyl (C=O) groups is 1. The lowest BCUT2D eigenvalue weighted by Crippen LogP contribution is -2.25. The van der Waals surface area contributed by atoms with Crippen LogP contribution in [-0.2, 0) is 4.79 Å². The third-order valence-corrected chi connectivity index (χ3v) is 3.65. The van der Waals surface area contributed by atoms with Gasteiger partial charge in [-0.05, 0) is 34.9 Å². The second-order valence-electron chi connectivity index (χ2n) is 4.98. The lowest BCUT2D eigenvalue weighted by molar-refractivity contribution is -0.119. The van der Waals surface area contributed by atoms with Crippen molar-refractivity contribution in [3.8, 4) is 5.75 Å². The van der Waals surface area contributed by atoms with Crippen LogP contribution >= 0.6 is 0 Å². The van der Waals surface area contributed by atoms with E-state index in [2.05, 4.69) is 42.6 Å². The fourth-order valence-electron chi connectivity index (χ4n) is 2.50. The van der Waals surface area contributed by atoms with E-state index in [4.69, 9.17) is 4.74 Å². The highest BCUT2D eigenvalue weighted by molar-refractivity contribution is 5.87. The van der Waals surface area contributed by atoms with Crippen LogP contribution in [-0.4, -0.2) is 19.6 Å². The second kappa shape index (κ2) is 6.42. The van der Waals surface area contributed by atoms with Crippen molar-refractivity contribution in [2.45, 2.75) is 26.2 Å².